The zero-order valence-electron chi connectivity index (χ0n) is 24.2. The second-order valence-electron chi connectivity index (χ2n) is 10.8. The van der Waals surface area contributed by atoms with Gasteiger partial charge >= 0.3 is 5.97 Å². The Morgan fingerprint density at radius 3 is 1.20 bits per heavy atom. The molecule has 0 aliphatic heterocycles. The van der Waals surface area contributed by atoms with E-state index in [0.29, 0.717) is 12.8 Å². The van der Waals surface area contributed by atoms with Crippen LogP contribution in [0.4, 0.5) is 0 Å². The van der Waals surface area contributed by atoms with Gasteiger partial charge in [-0.25, -0.2) is 0 Å². The summed E-state index contributed by atoms with van der Waals surface area (Å²) in [6.07, 6.45) is 28.6. The number of carbonyl (C=O) groups excluding carboxylic acids is 2. The first kappa shape index (κ1) is 34.1. The van der Waals surface area contributed by atoms with E-state index in [0.717, 1.165) is 25.7 Å². The molecule has 1 N–H and O–H groups in total. The van der Waals surface area contributed by atoms with Crippen molar-refractivity contribution in [1.82, 2.24) is 5.32 Å². The number of nitrogens with one attached hydrogen (secondary N) is 1. The molecule has 0 aromatic rings. The van der Waals surface area contributed by atoms with Crippen LogP contribution < -0.4 is 5.32 Å². The highest BCUT2D eigenvalue weighted by molar-refractivity contribution is 5.88. The van der Waals surface area contributed by atoms with Gasteiger partial charge in [0.2, 0.25) is 5.72 Å². The number of ketones is 1. The molecular weight excluding hydrogens is 434 g/mol. The van der Waals surface area contributed by atoms with Crippen molar-refractivity contribution < 1.29 is 14.3 Å². The van der Waals surface area contributed by atoms with Gasteiger partial charge in [0.25, 0.3) is 0 Å². The molecule has 0 fully saturated rings. The molecule has 0 aromatic carbocycles. The number of rotatable bonds is 27. The smallest absolute Gasteiger partial charge is 0.307 e. The van der Waals surface area contributed by atoms with Gasteiger partial charge in [-0.05, 0) is 26.8 Å². The number of ether oxygens (including phenoxy) is 1. The van der Waals surface area contributed by atoms with E-state index in [2.05, 4.69) is 19.2 Å². The topological polar surface area (TPSA) is 55.4 Å². The maximum atomic E-state index is 12.7. The first-order valence-corrected chi connectivity index (χ1v) is 15.4. The second kappa shape index (κ2) is 24.8. The fraction of sp³-hybridized carbons (Fsp3) is 0.935. The minimum Gasteiger partial charge on any atom is -0.437 e. The van der Waals surface area contributed by atoms with Crippen LogP contribution >= 0.6 is 0 Å². The molecule has 4 nitrogen and oxygen atoms in total. The molecule has 35 heavy (non-hydrogen) atoms. The lowest BCUT2D eigenvalue weighted by Gasteiger charge is -2.27. The maximum absolute atomic E-state index is 12.7. The molecular formula is C31H61NO3. The predicted molar refractivity (Wildman–Crippen MR) is 151 cm³/mol. The fourth-order valence-corrected chi connectivity index (χ4v) is 4.65. The summed E-state index contributed by atoms with van der Waals surface area (Å²) >= 11 is 0. The summed E-state index contributed by atoms with van der Waals surface area (Å²) in [6, 6.07) is 0. The van der Waals surface area contributed by atoms with Crippen LogP contribution in [0.3, 0.4) is 0 Å². The number of unbranched alkanes of at least 4 members (excludes halogenated alkanes) is 20. The third-order valence-electron chi connectivity index (χ3n) is 7.32. The number of likely N-dealkylation sites (N-methyl/N-ethyl adjacent to an activating group) is 1. The van der Waals surface area contributed by atoms with Crippen LogP contribution in [0.5, 0.6) is 0 Å². The number of Topliss-reactive ketones (excluding diaryl/α,β-unsaturated/α-hetero) is 1. The average Bonchev–Trinajstić information content (AvgIpc) is 2.85. The SMILES string of the molecule is CCCCCCCCCCCCCCCC(=O)OC(C)(NC)C(=O)CCCCCCCCCCC. The van der Waals surface area contributed by atoms with Crippen LogP contribution in [-0.4, -0.2) is 24.5 Å². The van der Waals surface area contributed by atoms with Gasteiger partial charge in [-0.15, -0.1) is 0 Å². The minimum absolute atomic E-state index is 0.0124. The minimum atomic E-state index is -1.19. The Hall–Kier alpha value is -0.900. The van der Waals surface area contributed by atoms with Gasteiger partial charge in [0.1, 0.15) is 0 Å². The molecule has 0 rings (SSSR count). The molecule has 0 aliphatic rings. The molecule has 0 heterocycles. The third kappa shape index (κ3) is 20.9. The first-order chi connectivity index (χ1) is 17.0. The summed E-state index contributed by atoms with van der Waals surface area (Å²) < 4.78 is 5.59. The summed E-state index contributed by atoms with van der Waals surface area (Å²) in [5, 5.41) is 2.95. The van der Waals surface area contributed by atoms with Crippen molar-refractivity contribution in [3.8, 4) is 0 Å². The van der Waals surface area contributed by atoms with E-state index in [1.165, 1.54) is 116 Å². The average molecular weight is 496 g/mol. The highest BCUT2D eigenvalue weighted by Gasteiger charge is 2.34. The van der Waals surface area contributed by atoms with E-state index in [9.17, 15) is 9.59 Å². The lowest BCUT2D eigenvalue weighted by atomic mass is 10.0. The molecule has 0 amide bonds. The third-order valence-corrected chi connectivity index (χ3v) is 7.32. The maximum Gasteiger partial charge on any atom is 0.307 e. The summed E-state index contributed by atoms with van der Waals surface area (Å²) in [7, 11) is 1.70. The van der Waals surface area contributed by atoms with Gasteiger partial charge in [0.15, 0.2) is 5.78 Å². The summed E-state index contributed by atoms with van der Waals surface area (Å²) in [5.74, 6) is -0.271. The van der Waals surface area contributed by atoms with E-state index in [-0.39, 0.29) is 11.8 Å². The number of hydrogen-bond acceptors (Lipinski definition) is 4. The largest absolute Gasteiger partial charge is 0.437 e. The normalized spacial score (nSPS) is 13.0. The number of hydrogen-bond donors (Lipinski definition) is 1. The Kier molecular flexibility index (Phi) is 24.1. The molecule has 0 spiro atoms. The van der Waals surface area contributed by atoms with Crippen LogP contribution in [0, 0.1) is 0 Å². The Bertz CT molecular complexity index is 494. The van der Waals surface area contributed by atoms with Gasteiger partial charge in [0.05, 0.1) is 0 Å². The van der Waals surface area contributed by atoms with Crippen molar-refractivity contribution in [3.63, 3.8) is 0 Å². The number of carbonyl (C=O) groups is 2. The van der Waals surface area contributed by atoms with Crippen molar-refractivity contribution in [3.05, 3.63) is 0 Å². The van der Waals surface area contributed by atoms with E-state index in [1.807, 2.05) is 0 Å². The van der Waals surface area contributed by atoms with Crippen LogP contribution in [0.25, 0.3) is 0 Å². The Morgan fingerprint density at radius 1 is 0.543 bits per heavy atom. The quantitative estimate of drug-likeness (QED) is 0.0700. The monoisotopic (exact) mass is 495 g/mol. The molecule has 4 heteroatoms. The van der Waals surface area contributed by atoms with Crippen molar-refractivity contribution in [1.29, 1.82) is 0 Å². The van der Waals surface area contributed by atoms with Crippen molar-refractivity contribution in [2.24, 2.45) is 0 Å². The molecule has 0 saturated heterocycles. The number of esters is 1. The predicted octanol–water partition coefficient (Wildman–Crippen LogP) is 9.44. The van der Waals surface area contributed by atoms with Crippen molar-refractivity contribution in [2.45, 2.75) is 181 Å². The van der Waals surface area contributed by atoms with E-state index >= 15 is 0 Å². The molecule has 0 bridgehead atoms. The molecule has 1 unspecified atom stereocenters. The molecule has 0 radical (unpaired) electrons. The Labute approximate surface area is 219 Å². The van der Waals surface area contributed by atoms with Crippen LogP contribution in [0.2, 0.25) is 0 Å². The lowest BCUT2D eigenvalue weighted by molar-refractivity contribution is -0.169. The lowest BCUT2D eigenvalue weighted by Crippen LogP contribution is -2.51. The summed E-state index contributed by atoms with van der Waals surface area (Å²) in [5.41, 5.74) is -1.19. The highest BCUT2D eigenvalue weighted by Crippen LogP contribution is 2.17. The van der Waals surface area contributed by atoms with Crippen LogP contribution in [0.15, 0.2) is 0 Å². The molecule has 0 aliphatic carbocycles. The zero-order chi connectivity index (χ0) is 26.0. The van der Waals surface area contributed by atoms with Gasteiger partial charge in [-0.2, -0.15) is 0 Å². The summed E-state index contributed by atoms with van der Waals surface area (Å²) in [6.45, 7) is 6.21. The van der Waals surface area contributed by atoms with Crippen molar-refractivity contribution >= 4 is 11.8 Å². The molecule has 208 valence electrons. The second-order valence-corrected chi connectivity index (χ2v) is 10.8. The van der Waals surface area contributed by atoms with Crippen LogP contribution in [0.1, 0.15) is 175 Å². The Balaban J connectivity index is 3.75. The van der Waals surface area contributed by atoms with E-state index in [1.54, 1.807) is 14.0 Å². The van der Waals surface area contributed by atoms with Crippen LogP contribution in [-0.2, 0) is 14.3 Å². The van der Waals surface area contributed by atoms with Crippen molar-refractivity contribution in [2.75, 3.05) is 7.05 Å². The molecule has 1 atom stereocenters. The van der Waals surface area contributed by atoms with E-state index in [4.69, 9.17) is 4.74 Å². The van der Waals surface area contributed by atoms with Gasteiger partial charge in [-0.3, -0.25) is 14.9 Å². The van der Waals surface area contributed by atoms with Gasteiger partial charge < -0.3 is 4.74 Å². The highest BCUT2D eigenvalue weighted by atomic mass is 16.6. The van der Waals surface area contributed by atoms with Gasteiger partial charge in [-0.1, -0.05) is 142 Å². The fourth-order valence-electron chi connectivity index (χ4n) is 4.65. The molecule has 0 aromatic heterocycles. The van der Waals surface area contributed by atoms with Gasteiger partial charge in [0, 0.05) is 12.8 Å². The first-order valence-electron chi connectivity index (χ1n) is 15.4. The molecule has 0 saturated carbocycles. The van der Waals surface area contributed by atoms with E-state index < -0.39 is 5.72 Å². The zero-order valence-corrected chi connectivity index (χ0v) is 24.2. The standard InChI is InChI=1S/C31H61NO3/c1-5-7-9-11-13-15-16-17-18-20-22-24-26-28-30(34)35-31(3,32-4)29(33)27-25-23-21-19-14-12-10-8-6-2/h32H,5-28H2,1-4H3. The Morgan fingerprint density at radius 2 is 0.857 bits per heavy atom. The summed E-state index contributed by atoms with van der Waals surface area (Å²) in [4.78, 5) is 25.0.